The largest absolute Gasteiger partial charge is 0.465 e. The highest BCUT2D eigenvalue weighted by molar-refractivity contribution is 5.32. The molecule has 1 rings (SSSR count). The summed E-state index contributed by atoms with van der Waals surface area (Å²) in [6.07, 6.45) is -5.59. The van der Waals surface area contributed by atoms with Crippen molar-refractivity contribution in [2.24, 2.45) is 0 Å². The summed E-state index contributed by atoms with van der Waals surface area (Å²) in [5, 5.41) is 10.3. The van der Waals surface area contributed by atoms with E-state index in [2.05, 4.69) is 9.72 Å². The lowest BCUT2D eigenvalue weighted by atomic mass is 10.4. The van der Waals surface area contributed by atoms with Gasteiger partial charge in [0.05, 0.1) is 11.0 Å². The standard InChI is InChI=1S/C8H7F3N2O3/c1-5(8(9,10)11)16-7-4-6(13(14)15)2-3-12-7/h2-5H,1H3. The van der Waals surface area contributed by atoms with Crippen LogP contribution in [0.3, 0.4) is 0 Å². The van der Waals surface area contributed by atoms with E-state index in [-0.39, 0.29) is 5.69 Å². The van der Waals surface area contributed by atoms with E-state index in [1.807, 2.05) is 0 Å². The molecule has 1 unspecified atom stereocenters. The normalized spacial score (nSPS) is 13.2. The first-order chi connectivity index (χ1) is 7.30. The molecule has 0 aliphatic rings. The topological polar surface area (TPSA) is 65.3 Å². The zero-order valence-electron chi connectivity index (χ0n) is 8.06. The van der Waals surface area contributed by atoms with Crippen molar-refractivity contribution < 1.29 is 22.8 Å². The summed E-state index contributed by atoms with van der Waals surface area (Å²) in [5.41, 5.74) is -0.376. The first-order valence-corrected chi connectivity index (χ1v) is 4.14. The molecule has 0 amide bonds. The van der Waals surface area contributed by atoms with E-state index in [1.165, 1.54) is 0 Å². The van der Waals surface area contributed by atoms with Gasteiger partial charge in [0.2, 0.25) is 5.88 Å². The lowest BCUT2D eigenvalue weighted by Gasteiger charge is -2.16. The summed E-state index contributed by atoms with van der Waals surface area (Å²) >= 11 is 0. The van der Waals surface area contributed by atoms with Gasteiger partial charge in [-0.15, -0.1) is 0 Å². The fourth-order valence-electron chi connectivity index (χ4n) is 0.825. The van der Waals surface area contributed by atoms with E-state index in [4.69, 9.17) is 0 Å². The van der Waals surface area contributed by atoms with Gasteiger partial charge in [-0.05, 0) is 6.92 Å². The van der Waals surface area contributed by atoms with Crippen molar-refractivity contribution in [3.8, 4) is 5.88 Å². The summed E-state index contributed by atoms with van der Waals surface area (Å²) in [6, 6.07) is 1.90. The average Bonchev–Trinajstić information content (AvgIpc) is 2.16. The van der Waals surface area contributed by atoms with E-state index in [0.717, 1.165) is 25.3 Å². The Labute approximate surface area is 88.0 Å². The Bertz CT molecular complexity index is 394. The highest BCUT2D eigenvalue weighted by atomic mass is 19.4. The van der Waals surface area contributed by atoms with Crippen molar-refractivity contribution in [1.29, 1.82) is 0 Å². The van der Waals surface area contributed by atoms with Crippen LogP contribution in [0.25, 0.3) is 0 Å². The third kappa shape index (κ3) is 3.07. The van der Waals surface area contributed by atoms with Crippen LogP contribution in [0.4, 0.5) is 18.9 Å². The van der Waals surface area contributed by atoms with Crippen LogP contribution in [0.15, 0.2) is 18.3 Å². The quantitative estimate of drug-likeness (QED) is 0.596. The molecule has 1 aromatic heterocycles. The van der Waals surface area contributed by atoms with E-state index in [0.29, 0.717) is 0 Å². The predicted molar refractivity (Wildman–Crippen MR) is 47.0 cm³/mol. The molecule has 0 aromatic carbocycles. The summed E-state index contributed by atoms with van der Waals surface area (Å²) in [6.45, 7) is 0.792. The van der Waals surface area contributed by atoms with Crippen molar-refractivity contribution in [1.82, 2.24) is 4.98 Å². The van der Waals surface area contributed by atoms with Gasteiger partial charge < -0.3 is 4.74 Å². The fourth-order valence-corrected chi connectivity index (χ4v) is 0.825. The number of pyridine rings is 1. The minimum absolute atomic E-state index is 0.376. The van der Waals surface area contributed by atoms with Crippen LogP contribution in [0, 0.1) is 10.1 Å². The number of hydrogen-bond donors (Lipinski definition) is 0. The Balaban J connectivity index is 2.82. The maximum Gasteiger partial charge on any atom is 0.425 e. The summed E-state index contributed by atoms with van der Waals surface area (Å²) in [4.78, 5) is 13.0. The van der Waals surface area contributed by atoms with Gasteiger partial charge in [0.1, 0.15) is 0 Å². The minimum Gasteiger partial charge on any atom is -0.465 e. The van der Waals surface area contributed by atoms with Crippen LogP contribution >= 0.6 is 0 Å². The number of aromatic nitrogens is 1. The molecule has 0 saturated heterocycles. The number of alkyl halides is 3. The number of rotatable bonds is 3. The zero-order valence-corrected chi connectivity index (χ0v) is 8.06. The van der Waals surface area contributed by atoms with Crippen molar-refractivity contribution >= 4 is 5.69 Å². The molecular weight excluding hydrogens is 229 g/mol. The summed E-state index contributed by atoms with van der Waals surface area (Å²) in [5.74, 6) is -0.431. The van der Waals surface area contributed by atoms with Crippen LogP contribution in [0.1, 0.15) is 6.92 Å². The van der Waals surface area contributed by atoms with Crippen molar-refractivity contribution in [3.63, 3.8) is 0 Å². The average molecular weight is 236 g/mol. The monoisotopic (exact) mass is 236 g/mol. The van der Waals surface area contributed by atoms with E-state index < -0.39 is 23.1 Å². The van der Waals surface area contributed by atoms with Crippen molar-refractivity contribution in [2.75, 3.05) is 0 Å². The number of nitro groups is 1. The minimum atomic E-state index is -4.54. The predicted octanol–water partition coefficient (Wildman–Crippen LogP) is 2.32. The third-order valence-corrected chi connectivity index (χ3v) is 1.69. The van der Waals surface area contributed by atoms with Gasteiger partial charge in [0, 0.05) is 12.3 Å². The SMILES string of the molecule is CC(Oc1cc([N+](=O)[O-])ccn1)C(F)(F)F. The molecule has 1 heterocycles. The van der Waals surface area contributed by atoms with E-state index in [9.17, 15) is 23.3 Å². The molecule has 88 valence electrons. The Hall–Kier alpha value is -1.86. The number of halogens is 3. The molecular formula is C8H7F3N2O3. The molecule has 0 radical (unpaired) electrons. The molecule has 0 N–H and O–H groups in total. The zero-order chi connectivity index (χ0) is 12.3. The molecule has 16 heavy (non-hydrogen) atoms. The number of hydrogen-bond acceptors (Lipinski definition) is 4. The van der Waals surface area contributed by atoms with Crippen molar-refractivity contribution in [3.05, 3.63) is 28.4 Å². The van der Waals surface area contributed by atoms with Gasteiger partial charge in [-0.25, -0.2) is 4.98 Å². The first-order valence-electron chi connectivity index (χ1n) is 4.14. The number of nitrogens with zero attached hydrogens (tertiary/aromatic N) is 2. The van der Waals surface area contributed by atoms with Gasteiger partial charge in [-0.2, -0.15) is 13.2 Å². The lowest BCUT2D eigenvalue weighted by Crippen LogP contribution is -2.31. The fraction of sp³-hybridized carbons (Fsp3) is 0.375. The van der Waals surface area contributed by atoms with Gasteiger partial charge in [-0.1, -0.05) is 0 Å². The van der Waals surface area contributed by atoms with Crippen molar-refractivity contribution in [2.45, 2.75) is 19.2 Å². The highest BCUT2D eigenvalue weighted by Gasteiger charge is 2.38. The van der Waals surface area contributed by atoms with Gasteiger partial charge in [-0.3, -0.25) is 10.1 Å². The summed E-state index contributed by atoms with van der Waals surface area (Å²) in [7, 11) is 0. The van der Waals surface area contributed by atoms with Crippen LogP contribution in [-0.2, 0) is 0 Å². The van der Waals surface area contributed by atoms with Gasteiger partial charge in [0.25, 0.3) is 5.69 Å². The molecule has 1 aromatic rings. The van der Waals surface area contributed by atoms with Crippen LogP contribution in [0.2, 0.25) is 0 Å². The maximum absolute atomic E-state index is 12.1. The van der Waals surface area contributed by atoms with E-state index in [1.54, 1.807) is 0 Å². The van der Waals surface area contributed by atoms with Crippen LogP contribution < -0.4 is 4.74 Å². The van der Waals surface area contributed by atoms with Crippen LogP contribution in [-0.4, -0.2) is 22.2 Å². The second-order valence-electron chi connectivity index (χ2n) is 2.91. The highest BCUT2D eigenvalue weighted by Crippen LogP contribution is 2.25. The summed E-state index contributed by atoms with van der Waals surface area (Å²) < 4.78 is 40.8. The van der Waals surface area contributed by atoms with Gasteiger partial charge in [0.15, 0.2) is 6.10 Å². The molecule has 8 heteroatoms. The smallest absolute Gasteiger partial charge is 0.425 e. The van der Waals surface area contributed by atoms with Crippen LogP contribution in [0.5, 0.6) is 5.88 Å². The Morgan fingerprint density at radius 3 is 2.69 bits per heavy atom. The molecule has 0 spiro atoms. The molecule has 0 aliphatic heterocycles. The maximum atomic E-state index is 12.1. The van der Waals surface area contributed by atoms with Gasteiger partial charge >= 0.3 is 6.18 Å². The molecule has 0 aliphatic carbocycles. The second kappa shape index (κ2) is 4.33. The Kier molecular flexibility index (Phi) is 3.31. The lowest BCUT2D eigenvalue weighted by molar-refractivity contribution is -0.385. The number of ether oxygens (including phenoxy) is 1. The first kappa shape index (κ1) is 12.2. The Morgan fingerprint density at radius 1 is 1.56 bits per heavy atom. The molecule has 5 nitrogen and oxygen atoms in total. The third-order valence-electron chi connectivity index (χ3n) is 1.69. The molecule has 0 saturated carbocycles. The van der Waals surface area contributed by atoms with E-state index >= 15 is 0 Å². The molecule has 1 atom stereocenters. The molecule has 0 fully saturated rings. The molecule has 0 bridgehead atoms. The Morgan fingerprint density at radius 2 is 2.19 bits per heavy atom. The second-order valence-corrected chi connectivity index (χ2v) is 2.91.